The van der Waals surface area contributed by atoms with Crippen LogP contribution in [0, 0.1) is 5.82 Å². The SMILES string of the molecule is COc1cccc(-c2nc3c(c(=O)n(CCCO)c(=O)n3C)n2Cc2ccc(F)cc2)c1. The number of hydrogen-bond acceptors (Lipinski definition) is 5. The summed E-state index contributed by atoms with van der Waals surface area (Å²) in [6.45, 7) is 0.197. The fourth-order valence-corrected chi connectivity index (χ4v) is 3.71. The van der Waals surface area contributed by atoms with Crippen LogP contribution in [0.1, 0.15) is 12.0 Å². The molecular weight excluding hydrogens is 415 g/mol. The zero-order chi connectivity index (χ0) is 22.8. The van der Waals surface area contributed by atoms with E-state index in [1.807, 2.05) is 12.1 Å². The Labute approximate surface area is 182 Å². The van der Waals surface area contributed by atoms with Gasteiger partial charge in [0.2, 0.25) is 0 Å². The number of aliphatic hydroxyl groups is 1. The highest BCUT2D eigenvalue weighted by molar-refractivity contribution is 5.77. The molecule has 32 heavy (non-hydrogen) atoms. The number of nitrogens with zero attached hydrogens (tertiary/aromatic N) is 4. The summed E-state index contributed by atoms with van der Waals surface area (Å²) in [5.41, 5.74) is 0.994. The maximum absolute atomic E-state index is 13.4. The number of hydrogen-bond donors (Lipinski definition) is 1. The van der Waals surface area contributed by atoms with Gasteiger partial charge in [0.05, 0.1) is 7.11 Å². The second-order valence-electron chi connectivity index (χ2n) is 7.43. The zero-order valence-electron chi connectivity index (χ0n) is 17.8. The first-order valence-electron chi connectivity index (χ1n) is 10.1. The molecule has 0 aliphatic heterocycles. The zero-order valence-corrected chi connectivity index (χ0v) is 17.8. The second kappa shape index (κ2) is 8.80. The number of halogens is 1. The van der Waals surface area contributed by atoms with Gasteiger partial charge in [-0.05, 0) is 36.2 Å². The Morgan fingerprint density at radius 1 is 1.09 bits per heavy atom. The Morgan fingerprint density at radius 3 is 2.53 bits per heavy atom. The van der Waals surface area contributed by atoms with Crippen molar-refractivity contribution in [1.29, 1.82) is 0 Å². The molecule has 2 aromatic carbocycles. The van der Waals surface area contributed by atoms with E-state index >= 15 is 0 Å². The van der Waals surface area contributed by atoms with Gasteiger partial charge in [-0.15, -0.1) is 0 Å². The molecule has 0 spiro atoms. The predicted molar refractivity (Wildman–Crippen MR) is 118 cm³/mol. The van der Waals surface area contributed by atoms with Gasteiger partial charge in [-0.3, -0.25) is 13.9 Å². The summed E-state index contributed by atoms with van der Waals surface area (Å²) in [5, 5.41) is 9.18. The summed E-state index contributed by atoms with van der Waals surface area (Å²) < 4.78 is 22.9. The Morgan fingerprint density at radius 2 is 1.84 bits per heavy atom. The van der Waals surface area contributed by atoms with Gasteiger partial charge in [-0.25, -0.2) is 14.2 Å². The topological polar surface area (TPSA) is 91.3 Å². The average molecular weight is 438 g/mol. The summed E-state index contributed by atoms with van der Waals surface area (Å²) >= 11 is 0. The van der Waals surface area contributed by atoms with Gasteiger partial charge in [0.15, 0.2) is 11.2 Å². The summed E-state index contributed by atoms with van der Waals surface area (Å²) in [5.74, 6) is 0.749. The number of ether oxygens (including phenoxy) is 1. The Bertz CT molecular complexity index is 1390. The van der Waals surface area contributed by atoms with Crippen LogP contribution in [0.3, 0.4) is 0 Å². The van der Waals surface area contributed by atoms with Crippen molar-refractivity contribution in [3.63, 3.8) is 0 Å². The van der Waals surface area contributed by atoms with Gasteiger partial charge in [0.1, 0.15) is 17.4 Å². The first-order valence-corrected chi connectivity index (χ1v) is 10.1. The fourth-order valence-electron chi connectivity index (χ4n) is 3.71. The Kier molecular flexibility index (Phi) is 5.91. The van der Waals surface area contributed by atoms with Crippen molar-refractivity contribution in [2.24, 2.45) is 7.05 Å². The summed E-state index contributed by atoms with van der Waals surface area (Å²) in [6, 6.07) is 13.2. The standard InChI is InChI=1S/C23H23FN4O4/c1-26-21-19(22(30)27(23(26)31)11-4-12-29)28(14-15-7-9-17(24)10-8-15)20(25-21)16-5-3-6-18(13-16)32-2/h3,5-10,13,29H,4,11-12,14H2,1-2H3. The molecule has 0 aliphatic rings. The maximum Gasteiger partial charge on any atom is 0.332 e. The van der Waals surface area contributed by atoms with Crippen LogP contribution in [0.25, 0.3) is 22.6 Å². The first kappa shape index (κ1) is 21.5. The minimum absolute atomic E-state index is 0.0914. The molecule has 0 fully saturated rings. The lowest BCUT2D eigenvalue weighted by Crippen LogP contribution is -2.39. The third-order valence-electron chi connectivity index (χ3n) is 5.35. The number of aryl methyl sites for hydroxylation is 1. The van der Waals surface area contributed by atoms with Crippen LogP contribution in [0.4, 0.5) is 4.39 Å². The molecule has 0 atom stereocenters. The minimum atomic E-state index is -0.500. The van der Waals surface area contributed by atoms with Crippen molar-refractivity contribution in [1.82, 2.24) is 18.7 Å². The molecule has 0 saturated carbocycles. The van der Waals surface area contributed by atoms with Gasteiger partial charge in [-0.2, -0.15) is 0 Å². The molecule has 2 heterocycles. The van der Waals surface area contributed by atoms with Crippen LogP contribution in [0.2, 0.25) is 0 Å². The van der Waals surface area contributed by atoms with E-state index in [1.54, 1.807) is 43.0 Å². The van der Waals surface area contributed by atoms with Crippen LogP contribution >= 0.6 is 0 Å². The summed E-state index contributed by atoms with van der Waals surface area (Å²) in [4.78, 5) is 30.8. The van der Waals surface area contributed by atoms with Crippen molar-refractivity contribution in [3.05, 3.63) is 80.7 Å². The number of benzene rings is 2. The average Bonchev–Trinajstić information content (AvgIpc) is 3.18. The van der Waals surface area contributed by atoms with E-state index in [-0.39, 0.29) is 43.1 Å². The normalized spacial score (nSPS) is 11.2. The third-order valence-corrected chi connectivity index (χ3v) is 5.35. The number of methoxy groups -OCH3 is 1. The molecule has 0 unspecified atom stereocenters. The van der Waals surface area contributed by atoms with Gasteiger partial charge >= 0.3 is 5.69 Å². The summed E-state index contributed by atoms with van der Waals surface area (Å²) in [6.07, 6.45) is 0.273. The van der Waals surface area contributed by atoms with E-state index in [1.165, 1.54) is 16.7 Å². The van der Waals surface area contributed by atoms with Crippen LogP contribution in [-0.2, 0) is 20.1 Å². The van der Waals surface area contributed by atoms with Gasteiger partial charge in [0.25, 0.3) is 5.56 Å². The third kappa shape index (κ3) is 3.82. The molecule has 4 rings (SSSR count). The largest absolute Gasteiger partial charge is 0.497 e. The number of fused-ring (bicyclic) bond motifs is 1. The molecule has 2 aromatic heterocycles. The Balaban J connectivity index is 2.02. The van der Waals surface area contributed by atoms with Crippen molar-refractivity contribution in [2.75, 3.05) is 13.7 Å². The van der Waals surface area contributed by atoms with Crippen molar-refractivity contribution >= 4 is 11.2 Å². The van der Waals surface area contributed by atoms with Gasteiger partial charge in [0, 0.05) is 32.3 Å². The highest BCUT2D eigenvalue weighted by Crippen LogP contribution is 2.26. The number of aliphatic hydroxyl groups excluding tert-OH is 1. The van der Waals surface area contributed by atoms with E-state index in [4.69, 9.17) is 4.74 Å². The monoisotopic (exact) mass is 438 g/mol. The molecule has 0 saturated heterocycles. The molecule has 0 bridgehead atoms. The van der Waals surface area contributed by atoms with E-state index in [0.717, 1.165) is 10.1 Å². The molecule has 0 amide bonds. The molecule has 166 valence electrons. The van der Waals surface area contributed by atoms with E-state index in [9.17, 15) is 19.1 Å². The minimum Gasteiger partial charge on any atom is -0.497 e. The van der Waals surface area contributed by atoms with Gasteiger partial charge < -0.3 is 14.4 Å². The Hall–Kier alpha value is -3.72. The van der Waals surface area contributed by atoms with Gasteiger partial charge in [-0.1, -0.05) is 24.3 Å². The molecule has 0 radical (unpaired) electrons. The number of aromatic nitrogens is 4. The van der Waals surface area contributed by atoms with E-state index in [0.29, 0.717) is 17.1 Å². The lowest BCUT2D eigenvalue weighted by atomic mass is 10.2. The quantitative estimate of drug-likeness (QED) is 0.477. The number of rotatable bonds is 7. The van der Waals surface area contributed by atoms with Crippen LogP contribution in [0.5, 0.6) is 5.75 Å². The van der Waals surface area contributed by atoms with Crippen molar-refractivity contribution < 1.29 is 14.2 Å². The molecule has 4 aromatic rings. The molecule has 8 nitrogen and oxygen atoms in total. The molecule has 0 aliphatic carbocycles. The first-order chi connectivity index (χ1) is 15.4. The summed E-state index contributed by atoms with van der Waals surface area (Å²) in [7, 11) is 3.12. The van der Waals surface area contributed by atoms with E-state index in [2.05, 4.69) is 4.98 Å². The highest BCUT2D eigenvalue weighted by Gasteiger charge is 2.21. The van der Waals surface area contributed by atoms with Crippen molar-refractivity contribution in [3.8, 4) is 17.1 Å². The van der Waals surface area contributed by atoms with Crippen LogP contribution in [-0.4, -0.2) is 37.5 Å². The predicted octanol–water partition coefficient (Wildman–Crippen LogP) is 2.14. The van der Waals surface area contributed by atoms with E-state index < -0.39 is 11.2 Å². The van der Waals surface area contributed by atoms with Crippen LogP contribution in [0.15, 0.2) is 58.1 Å². The fraction of sp³-hybridized carbons (Fsp3) is 0.261. The number of imidazole rings is 1. The van der Waals surface area contributed by atoms with Crippen molar-refractivity contribution in [2.45, 2.75) is 19.5 Å². The lowest BCUT2D eigenvalue weighted by Gasteiger charge is -2.12. The lowest BCUT2D eigenvalue weighted by molar-refractivity contribution is 0.277. The van der Waals surface area contributed by atoms with Crippen LogP contribution < -0.4 is 16.0 Å². The highest BCUT2D eigenvalue weighted by atomic mass is 19.1. The second-order valence-corrected chi connectivity index (χ2v) is 7.43. The molecular formula is C23H23FN4O4. The molecule has 1 N–H and O–H groups in total. The molecule has 9 heteroatoms. The smallest absolute Gasteiger partial charge is 0.332 e. The maximum atomic E-state index is 13.4.